The molecule has 0 aromatic heterocycles. The van der Waals surface area contributed by atoms with Gasteiger partial charge in [0, 0.05) is 22.9 Å². The number of isothiocyanates is 1. The monoisotopic (exact) mass is 423 g/mol. The molecule has 146 valence electrons. The van der Waals surface area contributed by atoms with Crippen LogP contribution in [0.15, 0.2) is 52.4 Å². The summed E-state index contributed by atoms with van der Waals surface area (Å²) in [5.74, 6) is 0.299. The van der Waals surface area contributed by atoms with Crippen molar-refractivity contribution in [2.45, 2.75) is 23.6 Å². The zero-order valence-corrected chi connectivity index (χ0v) is 16.4. The lowest BCUT2D eigenvalue weighted by molar-refractivity contribution is -0.137. The molecule has 9 heteroatoms. The van der Waals surface area contributed by atoms with Crippen LogP contribution in [0.4, 0.5) is 24.5 Å². The van der Waals surface area contributed by atoms with E-state index >= 15 is 0 Å². The van der Waals surface area contributed by atoms with Gasteiger partial charge in [0.05, 0.1) is 33.6 Å². The Morgan fingerprint density at radius 3 is 2.64 bits per heavy atom. The first-order valence-corrected chi connectivity index (χ1v) is 9.42. The van der Waals surface area contributed by atoms with Crippen LogP contribution in [0.1, 0.15) is 18.1 Å². The molecule has 1 atom stereocenters. The summed E-state index contributed by atoms with van der Waals surface area (Å²) in [7, 11) is 0. The first-order chi connectivity index (χ1) is 13.1. The molecule has 0 aliphatic heterocycles. The van der Waals surface area contributed by atoms with E-state index in [2.05, 4.69) is 27.7 Å². The van der Waals surface area contributed by atoms with Crippen molar-refractivity contribution in [3.8, 4) is 6.07 Å². The highest BCUT2D eigenvalue weighted by molar-refractivity contribution is 7.99. The number of aliphatic imine (C=N–C) groups is 1. The Morgan fingerprint density at radius 1 is 1.25 bits per heavy atom. The normalized spacial score (nSPS) is 13.1. The quantitative estimate of drug-likeness (QED) is 0.361. The van der Waals surface area contributed by atoms with Crippen LogP contribution in [0.2, 0.25) is 0 Å². The molecule has 0 saturated carbocycles. The van der Waals surface area contributed by atoms with Crippen LogP contribution in [0.3, 0.4) is 0 Å². The average Bonchev–Trinajstić information content (AvgIpc) is 2.65. The molecule has 2 aromatic rings. The largest absolute Gasteiger partial charge is 0.417 e. The fourth-order valence-electron chi connectivity index (χ4n) is 2.26. The molecule has 0 fully saturated rings. The predicted octanol–water partition coefficient (Wildman–Crippen LogP) is 5.27. The van der Waals surface area contributed by atoms with Crippen molar-refractivity contribution in [1.29, 1.82) is 5.26 Å². The van der Waals surface area contributed by atoms with Crippen molar-refractivity contribution in [3.63, 3.8) is 0 Å². The highest BCUT2D eigenvalue weighted by Gasteiger charge is 2.34. The fourth-order valence-corrected chi connectivity index (χ4v) is 3.33. The smallest absolute Gasteiger partial charge is 0.387 e. The van der Waals surface area contributed by atoms with Gasteiger partial charge < -0.3 is 10.4 Å². The van der Waals surface area contributed by atoms with Crippen molar-refractivity contribution in [1.82, 2.24) is 0 Å². The van der Waals surface area contributed by atoms with Crippen LogP contribution in [-0.2, 0) is 6.18 Å². The molecule has 0 bridgehead atoms. The van der Waals surface area contributed by atoms with Crippen molar-refractivity contribution < 1.29 is 18.3 Å². The number of hydrogen-bond acceptors (Lipinski definition) is 6. The van der Waals surface area contributed by atoms with Crippen LogP contribution in [0.25, 0.3) is 0 Å². The van der Waals surface area contributed by atoms with E-state index in [1.807, 2.05) is 6.07 Å². The number of aliphatic hydroxyl groups is 1. The van der Waals surface area contributed by atoms with Crippen LogP contribution < -0.4 is 5.32 Å². The van der Waals surface area contributed by atoms with E-state index in [-0.39, 0.29) is 12.2 Å². The molecule has 1 unspecified atom stereocenters. The molecule has 0 radical (unpaired) electrons. The third-order valence-corrected chi connectivity index (χ3v) is 5.11. The van der Waals surface area contributed by atoms with E-state index in [9.17, 15) is 18.3 Å². The Bertz CT molecular complexity index is 933. The molecule has 4 nitrogen and oxygen atoms in total. The summed E-state index contributed by atoms with van der Waals surface area (Å²) in [6.07, 6.45) is -4.63. The van der Waals surface area contributed by atoms with Gasteiger partial charge in [-0.1, -0.05) is 6.07 Å². The van der Waals surface area contributed by atoms with Gasteiger partial charge in [-0.05, 0) is 55.5 Å². The number of nitrogens with one attached hydrogen (secondary N) is 1. The molecule has 28 heavy (non-hydrogen) atoms. The number of benzene rings is 2. The summed E-state index contributed by atoms with van der Waals surface area (Å²) in [4.78, 5) is 4.76. The summed E-state index contributed by atoms with van der Waals surface area (Å²) in [5, 5.41) is 24.4. The molecule has 0 spiro atoms. The van der Waals surface area contributed by atoms with Gasteiger partial charge >= 0.3 is 6.18 Å². The Balaban J connectivity index is 2.02. The molecule has 0 amide bonds. The Morgan fingerprint density at radius 2 is 2.00 bits per heavy atom. The van der Waals surface area contributed by atoms with E-state index < -0.39 is 22.9 Å². The minimum absolute atomic E-state index is 0.0287. The van der Waals surface area contributed by atoms with Crippen molar-refractivity contribution in [3.05, 3.63) is 53.6 Å². The number of anilines is 1. The minimum Gasteiger partial charge on any atom is -0.387 e. The third-order valence-electron chi connectivity index (χ3n) is 3.66. The molecule has 0 aliphatic carbocycles. The average molecular weight is 423 g/mol. The maximum absolute atomic E-state index is 13.0. The van der Waals surface area contributed by atoms with Gasteiger partial charge in [-0.15, -0.1) is 11.8 Å². The molecule has 2 rings (SSSR count). The van der Waals surface area contributed by atoms with Gasteiger partial charge in [-0.3, -0.25) is 0 Å². The van der Waals surface area contributed by atoms with Gasteiger partial charge in [-0.2, -0.15) is 23.4 Å². The second-order valence-electron chi connectivity index (χ2n) is 6.21. The highest BCUT2D eigenvalue weighted by atomic mass is 32.2. The number of hydrogen-bond donors (Lipinski definition) is 2. The molecular formula is C19H16F3N3OS2. The maximum atomic E-state index is 13.0. The first kappa shape index (κ1) is 21.9. The zero-order valence-electron chi connectivity index (χ0n) is 14.7. The Hall–Kier alpha value is -2.37. The summed E-state index contributed by atoms with van der Waals surface area (Å²) in [6.45, 7) is 1.61. The van der Waals surface area contributed by atoms with Gasteiger partial charge in [0.15, 0.2) is 0 Å². The number of nitriles is 1. The lowest BCUT2D eigenvalue weighted by Crippen LogP contribution is -2.36. The number of thioether (sulfide) groups is 1. The van der Waals surface area contributed by atoms with Crippen LogP contribution in [0.5, 0.6) is 0 Å². The maximum Gasteiger partial charge on any atom is 0.417 e. The van der Waals surface area contributed by atoms with E-state index in [1.165, 1.54) is 23.9 Å². The van der Waals surface area contributed by atoms with Gasteiger partial charge in [0.1, 0.15) is 0 Å². The van der Waals surface area contributed by atoms with Crippen molar-refractivity contribution >= 4 is 40.5 Å². The van der Waals surface area contributed by atoms with E-state index in [4.69, 9.17) is 5.26 Å². The number of alkyl halides is 3. The SMILES string of the molecule is CC(O)(CNc1ccc(C#N)c(C(F)(F)F)c1)CSc1cccc(N=C=S)c1. The summed E-state index contributed by atoms with van der Waals surface area (Å²) in [5.41, 5.74) is -1.83. The summed E-state index contributed by atoms with van der Waals surface area (Å²) >= 11 is 5.95. The molecular weight excluding hydrogens is 407 g/mol. The van der Waals surface area contributed by atoms with Gasteiger partial charge in [-0.25, -0.2) is 0 Å². The summed E-state index contributed by atoms with van der Waals surface area (Å²) < 4.78 is 39.1. The molecule has 2 aromatic carbocycles. The topological polar surface area (TPSA) is 68.4 Å². The number of rotatable bonds is 7. The standard InChI is InChI=1S/C19H16F3N3OS2/c1-18(26,11-28-16-4-2-3-14(7-16)25-12-27)10-24-15-6-5-13(9-23)17(8-15)19(20,21)22/h2-8,24,26H,10-11H2,1H3. The lowest BCUT2D eigenvalue weighted by Gasteiger charge is -2.24. The molecule has 0 aliphatic rings. The van der Waals surface area contributed by atoms with Crippen molar-refractivity contribution in [2.75, 3.05) is 17.6 Å². The summed E-state index contributed by atoms with van der Waals surface area (Å²) in [6, 6.07) is 12.1. The lowest BCUT2D eigenvalue weighted by atomic mass is 10.1. The minimum atomic E-state index is -4.63. The van der Waals surface area contributed by atoms with E-state index in [0.29, 0.717) is 11.4 Å². The Kier molecular flexibility index (Phi) is 7.22. The number of halogens is 3. The van der Waals surface area contributed by atoms with Crippen LogP contribution in [-0.4, -0.2) is 28.2 Å². The zero-order chi connectivity index (χ0) is 20.8. The number of nitrogens with zero attached hydrogens (tertiary/aromatic N) is 2. The molecule has 0 heterocycles. The highest BCUT2D eigenvalue weighted by Crippen LogP contribution is 2.34. The van der Waals surface area contributed by atoms with Crippen LogP contribution >= 0.6 is 24.0 Å². The van der Waals surface area contributed by atoms with Crippen LogP contribution in [0, 0.1) is 11.3 Å². The number of thiocarbonyl (C=S) groups is 1. The second-order valence-corrected chi connectivity index (χ2v) is 7.44. The fraction of sp³-hybridized carbons (Fsp3) is 0.263. The van der Waals surface area contributed by atoms with Gasteiger partial charge in [0.25, 0.3) is 0 Å². The second kappa shape index (κ2) is 9.22. The Labute approximate surface area is 170 Å². The third kappa shape index (κ3) is 6.36. The molecule has 0 saturated heterocycles. The first-order valence-electron chi connectivity index (χ1n) is 8.03. The van der Waals surface area contributed by atoms with Gasteiger partial charge in [0.2, 0.25) is 0 Å². The van der Waals surface area contributed by atoms with E-state index in [0.717, 1.165) is 17.0 Å². The molecule has 2 N–H and O–H groups in total. The van der Waals surface area contributed by atoms with Crippen molar-refractivity contribution in [2.24, 2.45) is 4.99 Å². The predicted molar refractivity (Wildman–Crippen MR) is 107 cm³/mol. The van der Waals surface area contributed by atoms with E-state index in [1.54, 1.807) is 25.1 Å².